The Kier molecular flexibility index (Phi) is 7.55. The second-order valence-electron chi connectivity index (χ2n) is 15.1. The highest BCUT2D eigenvalue weighted by Crippen LogP contribution is 2.59. The Bertz CT molecular complexity index is 1970. The lowest BCUT2D eigenvalue weighted by Crippen LogP contribution is -2.40. The summed E-state index contributed by atoms with van der Waals surface area (Å²) in [6.07, 6.45) is 4.63. The average molecular weight is 706 g/mol. The molecule has 5 aliphatic rings. The van der Waals surface area contributed by atoms with Crippen molar-refractivity contribution in [2.45, 2.75) is 87.3 Å². The number of rotatable bonds is 7. The summed E-state index contributed by atoms with van der Waals surface area (Å²) in [6, 6.07) is 9.05. The highest BCUT2D eigenvalue weighted by atomic mass is 32.2. The van der Waals surface area contributed by atoms with E-state index in [2.05, 4.69) is 33.0 Å². The number of hydrogen-bond donors (Lipinski definition) is 1. The van der Waals surface area contributed by atoms with Crippen LogP contribution in [-0.4, -0.2) is 93.5 Å². The zero-order valence-electron chi connectivity index (χ0n) is 29.1. The van der Waals surface area contributed by atoms with Crippen LogP contribution in [0.4, 0.5) is 16.3 Å². The van der Waals surface area contributed by atoms with E-state index >= 15 is 0 Å². The van der Waals surface area contributed by atoms with E-state index in [0.717, 1.165) is 49.2 Å². The monoisotopic (exact) mass is 705 g/mol. The minimum atomic E-state index is -4.33. The first-order valence-electron chi connectivity index (χ1n) is 17.3. The van der Waals surface area contributed by atoms with Gasteiger partial charge in [0.2, 0.25) is 0 Å². The summed E-state index contributed by atoms with van der Waals surface area (Å²) in [5.41, 5.74) is 3.58. The van der Waals surface area contributed by atoms with E-state index < -0.39 is 15.6 Å². The number of sulfonamides is 1. The molecule has 4 fully saturated rings. The number of methoxy groups -OCH3 is 2. The van der Waals surface area contributed by atoms with Crippen LogP contribution in [0.5, 0.6) is 11.5 Å². The van der Waals surface area contributed by atoms with Crippen molar-refractivity contribution in [1.29, 1.82) is 0 Å². The first kappa shape index (κ1) is 32.7. The lowest BCUT2D eigenvalue weighted by atomic mass is 9.79. The maximum atomic E-state index is 14.1. The third-order valence-corrected chi connectivity index (χ3v) is 12.0. The standard InChI is InChI=1S/C36H43N5O8S/c1-35(2,3)48-34(43)41-15-7-14-40(26-19-27(26)41)33(42)21-16-28(46-4)31(29(17-21)47-5)50(44,45)38-32-24-20-36(10-11-36)25-9-8-22(39-12-6-13-39)18-23(25)30(24)49-37-32/h8-9,16-18,26-27H,6-7,10-15,19-20H2,1-5H3,(H,37,38). The van der Waals surface area contributed by atoms with Crippen LogP contribution >= 0.6 is 0 Å². The Morgan fingerprint density at radius 2 is 1.62 bits per heavy atom. The fourth-order valence-corrected chi connectivity index (χ4v) is 9.07. The molecule has 2 saturated carbocycles. The number of benzene rings is 2. The van der Waals surface area contributed by atoms with Crippen molar-refractivity contribution < 1.29 is 36.7 Å². The Balaban J connectivity index is 1.06. The number of amides is 2. The van der Waals surface area contributed by atoms with E-state index in [1.165, 1.54) is 31.9 Å². The van der Waals surface area contributed by atoms with Gasteiger partial charge in [-0.1, -0.05) is 11.2 Å². The smallest absolute Gasteiger partial charge is 0.410 e. The Morgan fingerprint density at radius 1 is 0.960 bits per heavy atom. The number of fused-ring (bicyclic) bond motifs is 5. The van der Waals surface area contributed by atoms with Crippen molar-refractivity contribution in [3.05, 3.63) is 47.0 Å². The topological polar surface area (TPSA) is 144 Å². The molecule has 3 heterocycles. The number of hydrogen-bond acceptors (Lipinski definition) is 10. The van der Waals surface area contributed by atoms with Crippen LogP contribution in [0.3, 0.4) is 0 Å². The van der Waals surface area contributed by atoms with E-state index in [0.29, 0.717) is 38.1 Å². The van der Waals surface area contributed by atoms with Crippen LogP contribution in [0.2, 0.25) is 0 Å². The molecule has 266 valence electrons. The number of anilines is 2. The van der Waals surface area contributed by atoms with Gasteiger partial charge in [0.1, 0.15) is 17.1 Å². The van der Waals surface area contributed by atoms with Crippen molar-refractivity contribution in [2.75, 3.05) is 50.0 Å². The summed E-state index contributed by atoms with van der Waals surface area (Å²) in [4.78, 5) is 32.4. The first-order valence-corrected chi connectivity index (χ1v) is 18.8. The van der Waals surface area contributed by atoms with Gasteiger partial charge in [-0.3, -0.25) is 9.52 Å². The van der Waals surface area contributed by atoms with Crippen LogP contribution in [-0.2, 0) is 26.6 Å². The molecule has 1 spiro atoms. The summed E-state index contributed by atoms with van der Waals surface area (Å²) in [5.74, 6) is 0.332. The molecule has 0 radical (unpaired) electrons. The zero-order valence-corrected chi connectivity index (χ0v) is 29.9. The molecular formula is C36H43N5O8S. The third kappa shape index (κ3) is 5.51. The van der Waals surface area contributed by atoms with Gasteiger partial charge < -0.3 is 33.4 Å². The van der Waals surface area contributed by atoms with Gasteiger partial charge in [0.05, 0.1) is 26.3 Å². The van der Waals surface area contributed by atoms with E-state index in [9.17, 15) is 18.0 Å². The average Bonchev–Trinajstić information content (AvgIpc) is 3.96. The number of carbonyl (C=O) groups excluding carboxylic acids is 2. The Labute approximate surface area is 291 Å². The fourth-order valence-electron chi connectivity index (χ4n) is 7.74. The molecule has 2 atom stereocenters. The Hall–Kier alpha value is -4.46. The molecule has 8 rings (SSSR count). The van der Waals surface area contributed by atoms with Crippen molar-refractivity contribution in [3.8, 4) is 22.8 Å². The fraction of sp³-hybridized carbons (Fsp3) is 0.528. The molecule has 3 aromatic rings. The molecule has 2 aliphatic heterocycles. The lowest BCUT2D eigenvalue weighted by molar-refractivity contribution is 0.0233. The van der Waals surface area contributed by atoms with Crippen LogP contribution in [0.1, 0.15) is 74.4 Å². The zero-order chi connectivity index (χ0) is 35.2. The van der Waals surface area contributed by atoms with E-state index in [4.69, 9.17) is 18.7 Å². The maximum Gasteiger partial charge on any atom is 0.410 e. The Morgan fingerprint density at radius 3 is 2.24 bits per heavy atom. The lowest BCUT2D eigenvalue weighted by Gasteiger charge is -2.34. The highest BCUT2D eigenvalue weighted by molar-refractivity contribution is 7.93. The molecule has 1 N–H and O–H groups in total. The van der Waals surface area contributed by atoms with Gasteiger partial charge in [-0.15, -0.1) is 0 Å². The normalized spacial score (nSPS) is 21.7. The molecule has 1 aromatic heterocycles. The summed E-state index contributed by atoms with van der Waals surface area (Å²) in [7, 11) is -1.63. The van der Waals surface area contributed by atoms with E-state index in [1.807, 2.05) is 20.8 Å². The number of nitrogens with zero attached hydrogens (tertiary/aromatic N) is 4. The van der Waals surface area contributed by atoms with Crippen LogP contribution in [0, 0.1) is 0 Å². The maximum absolute atomic E-state index is 14.1. The number of nitrogens with one attached hydrogen (secondary N) is 1. The summed E-state index contributed by atoms with van der Waals surface area (Å²) >= 11 is 0. The molecule has 2 unspecified atom stereocenters. The molecule has 14 heteroatoms. The largest absolute Gasteiger partial charge is 0.495 e. The highest BCUT2D eigenvalue weighted by Gasteiger charge is 2.52. The summed E-state index contributed by atoms with van der Waals surface area (Å²) in [5, 5.41) is 4.23. The first-order chi connectivity index (χ1) is 23.8. The minimum Gasteiger partial charge on any atom is -0.495 e. The molecule has 2 saturated heterocycles. The van der Waals surface area contributed by atoms with Gasteiger partial charge in [0.25, 0.3) is 15.9 Å². The van der Waals surface area contributed by atoms with Crippen molar-refractivity contribution in [1.82, 2.24) is 15.0 Å². The van der Waals surface area contributed by atoms with Crippen LogP contribution < -0.4 is 19.1 Å². The number of aromatic nitrogens is 1. The third-order valence-electron chi connectivity index (χ3n) is 10.6. The second-order valence-corrected chi connectivity index (χ2v) is 16.7. The molecule has 2 amide bonds. The van der Waals surface area contributed by atoms with Gasteiger partial charge in [-0.25, -0.2) is 13.2 Å². The van der Waals surface area contributed by atoms with E-state index in [-0.39, 0.29) is 57.3 Å². The van der Waals surface area contributed by atoms with Crippen LogP contribution in [0.15, 0.2) is 39.8 Å². The molecule has 50 heavy (non-hydrogen) atoms. The molecule has 0 bridgehead atoms. The van der Waals surface area contributed by atoms with Crippen molar-refractivity contribution in [3.63, 3.8) is 0 Å². The summed E-state index contributed by atoms with van der Waals surface area (Å²) in [6.45, 7) is 8.42. The van der Waals surface area contributed by atoms with Gasteiger partial charge in [-0.2, -0.15) is 0 Å². The quantitative estimate of drug-likeness (QED) is 0.349. The molecule has 13 nitrogen and oxygen atoms in total. The SMILES string of the molecule is COc1cc(C(=O)N2CCCN(C(=O)OC(C)(C)C)C3CC32)cc(OC)c1S(=O)(=O)Nc1noc2c1CC1(CC1)c1ccc(N3CCC3)cc1-2. The van der Waals surface area contributed by atoms with E-state index in [1.54, 1.807) is 9.80 Å². The minimum absolute atomic E-state index is 0.0432. The number of carbonyl (C=O) groups is 2. The van der Waals surface area contributed by atoms with Gasteiger partial charge in [0, 0.05) is 54.0 Å². The van der Waals surface area contributed by atoms with Crippen LogP contribution in [0.25, 0.3) is 11.3 Å². The van der Waals surface area contributed by atoms with Crippen molar-refractivity contribution >= 4 is 33.5 Å². The van der Waals surface area contributed by atoms with Gasteiger partial charge in [0.15, 0.2) is 16.5 Å². The predicted octanol–water partition coefficient (Wildman–Crippen LogP) is 5.18. The number of ether oxygens (including phenoxy) is 3. The second kappa shape index (κ2) is 11.5. The summed E-state index contributed by atoms with van der Waals surface area (Å²) < 4.78 is 53.6. The molecule has 3 aliphatic carbocycles. The van der Waals surface area contributed by atoms with Gasteiger partial charge in [-0.05, 0) is 89.1 Å². The van der Waals surface area contributed by atoms with Crippen molar-refractivity contribution in [2.24, 2.45) is 0 Å². The van der Waals surface area contributed by atoms with Gasteiger partial charge >= 0.3 is 6.09 Å². The molecule has 2 aromatic carbocycles. The molecular weight excluding hydrogens is 662 g/mol. The predicted molar refractivity (Wildman–Crippen MR) is 185 cm³/mol.